The number of nitrogens with two attached hydrogens (primary N) is 1. The summed E-state index contributed by atoms with van der Waals surface area (Å²) in [5.74, 6) is -0.206. The van der Waals surface area contributed by atoms with Crippen molar-refractivity contribution in [2.75, 3.05) is 20.2 Å². The van der Waals surface area contributed by atoms with Crippen LogP contribution in [0.4, 0.5) is 4.79 Å². The van der Waals surface area contributed by atoms with Crippen LogP contribution in [0.5, 0.6) is 0 Å². The standard InChI is InChI=1S/C14H26N2O4/c1-14(2,3)20-13(18)16-7-5-6-10(9-16)11(15)8-12(17)19-4/h10-11H,5-9,15H2,1-4H3/t10-,11+/m1/s1. The Kier molecular flexibility index (Phi) is 5.80. The topological polar surface area (TPSA) is 81.9 Å². The molecule has 116 valence electrons. The van der Waals surface area contributed by atoms with E-state index in [1.165, 1.54) is 7.11 Å². The maximum absolute atomic E-state index is 12.0. The lowest BCUT2D eigenvalue weighted by molar-refractivity contribution is -0.141. The number of nitrogens with zero attached hydrogens (tertiary/aromatic N) is 1. The molecule has 0 radical (unpaired) electrons. The number of carbonyl (C=O) groups is 2. The van der Waals surface area contributed by atoms with E-state index in [0.29, 0.717) is 13.1 Å². The molecule has 0 unspecified atom stereocenters. The highest BCUT2D eigenvalue weighted by atomic mass is 16.6. The van der Waals surface area contributed by atoms with Gasteiger partial charge in [-0.05, 0) is 39.5 Å². The first-order valence-electron chi connectivity index (χ1n) is 7.03. The van der Waals surface area contributed by atoms with Gasteiger partial charge in [-0.25, -0.2) is 4.79 Å². The summed E-state index contributed by atoms with van der Waals surface area (Å²) >= 11 is 0. The maximum atomic E-state index is 12.0. The second kappa shape index (κ2) is 6.92. The van der Waals surface area contributed by atoms with Crippen LogP contribution >= 0.6 is 0 Å². The van der Waals surface area contributed by atoms with Gasteiger partial charge in [0.05, 0.1) is 13.5 Å². The van der Waals surface area contributed by atoms with Gasteiger partial charge < -0.3 is 20.1 Å². The van der Waals surface area contributed by atoms with Crippen LogP contribution in [0.3, 0.4) is 0 Å². The fourth-order valence-electron chi connectivity index (χ4n) is 2.29. The molecule has 1 aliphatic rings. The van der Waals surface area contributed by atoms with E-state index in [1.54, 1.807) is 4.90 Å². The molecule has 0 aromatic rings. The van der Waals surface area contributed by atoms with Gasteiger partial charge in [0, 0.05) is 19.1 Å². The molecule has 2 atom stereocenters. The molecule has 1 amide bonds. The van der Waals surface area contributed by atoms with E-state index in [9.17, 15) is 9.59 Å². The van der Waals surface area contributed by atoms with Gasteiger partial charge in [0.25, 0.3) is 0 Å². The van der Waals surface area contributed by atoms with Crippen molar-refractivity contribution in [3.63, 3.8) is 0 Å². The molecule has 2 N–H and O–H groups in total. The van der Waals surface area contributed by atoms with E-state index in [1.807, 2.05) is 20.8 Å². The molecular weight excluding hydrogens is 260 g/mol. The normalized spacial score (nSPS) is 21.2. The van der Waals surface area contributed by atoms with Crippen LogP contribution < -0.4 is 5.73 Å². The number of rotatable bonds is 3. The van der Waals surface area contributed by atoms with E-state index >= 15 is 0 Å². The summed E-state index contributed by atoms with van der Waals surface area (Å²) in [5, 5.41) is 0. The SMILES string of the molecule is COC(=O)C[C@H](N)[C@@H]1CCCN(C(=O)OC(C)(C)C)C1. The number of amides is 1. The van der Waals surface area contributed by atoms with Crippen molar-refractivity contribution in [2.24, 2.45) is 11.7 Å². The quantitative estimate of drug-likeness (QED) is 0.795. The molecule has 1 rings (SSSR count). The lowest BCUT2D eigenvalue weighted by Crippen LogP contribution is -2.48. The number of carbonyl (C=O) groups excluding carboxylic acids is 2. The zero-order valence-electron chi connectivity index (χ0n) is 12.8. The van der Waals surface area contributed by atoms with Crippen molar-refractivity contribution in [3.8, 4) is 0 Å². The Morgan fingerprint density at radius 1 is 1.40 bits per heavy atom. The largest absolute Gasteiger partial charge is 0.469 e. The summed E-state index contributed by atoms with van der Waals surface area (Å²) in [5.41, 5.74) is 5.53. The summed E-state index contributed by atoms with van der Waals surface area (Å²) in [4.78, 5) is 25.0. The fourth-order valence-corrected chi connectivity index (χ4v) is 2.29. The van der Waals surface area contributed by atoms with Crippen molar-refractivity contribution < 1.29 is 19.1 Å². The molecule has 0 bridgehead atoms. The second-order valence-corrected chi connectivity index (χ2v) is 6.27. The average molecular weight is 286 g/mol. The molecule has 0 aliphatic carbocycles. The third-order valence-electron chi connectivity index (χ3n) is 3.35. The van der Waals surface area contributed by atoms with Crippen LogP contribution in [0.1, 0.15) is 40.0 Å². The lowest BCUT2D eigenvalue weighted by atomic mass is 9.89. The number of ether oxygens (including phenoxy) is 2. The van der Waals surface area contributed by atoms with Gasteiger partial charge in [-0.15, -0.1) is 0 Å². The van der Waals surface area contributed by atoms with Crippen LogP contribution in [0, 0.1) is 5.92 Å². The summed E-state index contributed by atoms with van der Waals surface area (Å²) in [6.45, 7) is 6.74. The smallest absolute Gasteiger partial charge is 0.410 e. The number of hydrogen-bond donors (Lipinski definition) is 1. The number of piperidine rings is 1. The number of likely N-dealkylation sites (tertiary alicyclic amines) is 1. The molecule has 20 heavy (non-hydrogen) atoms. The van der Waals surface area contributed by atoms with Crippen LogP contribution in [0.2, 0.25) is 0 Å². The number of esters is 1. The Bertz CT molecular complexity index is 352. The highest BCUT2D eigenvalue weighted by Gasteiger charge is 2.31. The Morgan fingerprint density at radius 2 is 2.05 bits per heavy atom. The van der Waals surface area contributed by atoms with Crippen molar-refractivity contribution in [1.82, 2.24) is 4.90 Å². The number of hydrogen-bond acceptors (Lipinski definition) is 5. The first-order valence-corrected chi connectivity index (χ1v) is 7.03. The molecule has 1 fully saturated rings. The number of methoxy groups -OCH3 is 1. The van der Waals surface area contributed by atoms with Crippen LogP contribution in [0.15, 0.2) is 0 Å². The molecule has 1 saturated heterocycles. The summed E-state index contributed by atoms with van der Waals surface area (Å²) in [6.07, 6.45) is 1.66. The molecule has 0 aromatic heterocycles. The van der Waals surface area contributed by atoms with Gasteiger partial charge in [0.2, 0.25) is 0 Å². The first-order chi connectivity index (χ1) is 9.23. The van der Waals surface area contributed by atoms with Crippen molar-refractivity contribution in [1.29, 1.82) is 0 Å². The van der Waals surface area contributed by atoms with Crippen LogP contribution in [-0.4, -0.2) is 48.8 Å². The Morgan fingerprint density at radius 3 is 2.60 bits per heavy atom. The predicted octanol–water partition coefficient (Wildman–Crippen LogP) is 1.52. The van der Waals surface area contributed by atoms with Gasteiger partial charge in [0.15, 0.2) is 0 Å². The van der Waals surface area contributed by atoms with Crippen molar-refractivity contribution in [3.05, 3.63) is 0 Å². The minimum Gasteiger partial charge on any atom is -0.469 e. The summed E-state index contributed by atoms with van der Waals surface area (Å²) in [7, 11) is 1.35. The molecule has 1 aliphatic heterocycles. The highest BCUT2D eigenvalue weighted by Crippen LogP contribution is 2.22. The van der Waals surface area contributed by atoms with E-state index in [2.05, 4.69) is 4.74 Å². The van der Waals surface area contributed by atoms with Gasteiger partial charge in [-0.3, -0.25) is 4.79 Å². The van der Waals surface area contributed by atoms with Gasteiger partial charge in [0.1, 0.15) is 5.60 Å². The van der Waals surface area contributed by atoms with E-state index < -0.39 is 5.60 Å². The molecule has 6 heteroatoms. The highest BCUT2D eigenvalue weighted by molar-refractivity contribution is 5.70. The van der Waals surface area contributed by atoms with Crippen molar-refractivity contribution in [2.45, 2.75) is 51.7 Å². The monoisotopic (exact) mass is 286 g/mol. The van der Waals surface area contributed by atoms with Crippen LogP contribution in [0.25, 0.3) is 0 Å². The molecule has 0 saturated carbocycles. The maximum Gasteiger partial charge on any atom is 0.410 e. The minimum absolute atomic E-state index is 0.107. The molecule has 0 aromatic carbocycles. The fraction of sp³-hybridized carbons (Fsp3) is 0.857. The molecular formula is C14H26N2O4. The van der Waals surface area contributed by atoms with Gasteiger partial charge in [-0.2, -0.15) is 0 Å². The van der Waals surface area contributed by atoms with E-state index in [0.717, 1.165) is 12.8 Å². The first kappa shape index (κ1) is 16.8. The lowest BCUT2D eigenvalue weighted by Gasteiger charge is -2.36. The average Bonchev–Trinajstić information content (AvgIpc) is 2.36. The predicted molar refractivity (Wildman–Crippen MR) is 75.1 cm³/mol. The summed E-state index contributed by atoms with van der Waals surface area (Å²) in [6, 6.07) is -0.285. The molecule has 0 spiro atoms. The van der Waals surface area contributed by atoms with Gasteiger partial charge >= 0.3 is 12.1 Å². The Balaban J connectivity index is 2.53. The minimum atomic E-state index is -0.502. The summed E-state index contributed by atoms with van der Waals surface area (Å²) < 4.78 is 9.99. The van der Waals surface area contributed by atoms with Crippen molar-refractivity contribution >= 4 is 12.1 Å². The molecule has 6 nitrogen and oxygen atoms in total. The third-order valence-corrected chi connectivity index (χ3v) is 3.35. The Labute approximate surface area is 120 Å². The third kappa shape index (κ3) is 5.36. The molecule has 1 heterocycles. The van der Waals surface area contributed by atoms with Gasteiger partial charge in [-0.1, -0.05) is 0 Å². The zero-order valence-corrected chi connectivity index (χ0v) is 12.8. The van der Waals surface area contributed by atoms with E-state index in [4.69, 9.17) is 10.5 Å². The van der Waals surface area contributed by atoms with E-state index in [-0.39, 0.29) is 30.4 Å². The Hall–Kier alpha value is -1.30. The second-order valence-electron chi connectivity index (χ2n) is 6.27. The van der Waals surface area contributed by atoms with Crippen LogP contribution in [-0.2, 0) is 14.3 Å². The zero-order chi connectivity index (χ0) is 15.3.